The number of rotatable bonds is 4. The molecule has 2 fully saturated rings. The molecule has 2 heteroatoms. The van der Waals surface area contributed by atoms with E-state index in [1.54, 1.807) is 12.1 Å². The fraction of sp³-hybridized carbons (Fsp3) is 0.647. The van der Waals surface area contributed by atoms with Gasteiger partial charge >= 0.3 is 0 Å². The van der Waals surface area contributed by atoms with Crippen molar-refractivity contribution < 1.29 is 4.39 Å². The summed E-state index contributed by atoms with van der Waals surface area (Å²) in [4.78, 5) is 0. The van der Waals surface area contributed by atoms with Gasteiger partial charge in [0.25, 0.3) is 0 Å². The maximum atomic E-state index is 13.3. The maximum absolute atomic E-state index is 13.3. The Hall–Kier alpha value is -0.890. The molecule has 1 nitrogen and oxygen atoms in total. The smallest absolute Gasteiger partial charge is 0.123 e. The topological polar surface area (TPSA) is 12.0 Å². The Morgan fingerprint density at radius 2 is 2.00 bits per heavy atom. The molecule has 1 N–H and O–H groups in total. The SMILES string of the molecule is C[C@@H](NC1CCCC(C2CC2)C1)c1cccc(F)c1. The van der Waals surface area contributed by atoms with Gasteiger partial charge in [-0.3, -0.25) is 0 Å². The van der Waals surface area contributed by atoms with Crippen molar-refractivity contribution in [1.29, 1.82) is 0 Å². The predicted molar refractivity (Wildman–Crippen MR) is 76.4 cm³/mol. The summed E-state index contributed by atoms with van der Waals surface area (Å²) >= 11 is 0. The second-order valence-electron chi connectivity index (χ2n) is 6.40. The van der Waals surface area contributed by atoms with Crippen LogP contribution in [0, 0.1) is 17.7 Å². The highest BCUT2D eigenvalue weighted by molar-refractivity contribution is 5.19. The van der Waals surface area contributed by atoms with Crippen LogP contribution in [0.5, 0.6) is 0 Å². The third-order valence-electron chi connectivity index (χ3n) is 4.84. The van der Waals surface area contributed by atoms with Crippen molar-refractivity contribution in [3.05, 3.63) is 35.6 Å². The van der Waals surface area contributed by atoms with Crippen molar-refractivity contribution in [2.45, 2.75) is 57.5 Å². The molecule has 0 saturated heterocycles. The van der Waals surface area contributed by atoms with Gasteiger partial charge in [-0.15, -0.1) is 0 Å². The van der Waals surface area contributed by atoms with E-state index in [-0.39, 0.29) is 11.9 Å². The summed E-state index contributed by atoms with van der Waals surface area (Å²) in [5, 5.41) is 3.71. The van der Waals surface area contributed by atoms with Crippen LogP contribution < -0.4 is 5.32 Å². The molecule has 0 heterocycles. The normalized spacial score (nSPS) is 29.2. The zero-order valence-electron chi connectivity index (χ0n) is 11.7. The zero-order chi connectivity index (χ0) is 13.2. The number of benzene rings is 1. The number of hydrogen-bond acceptors (Lipinski definition) is 1. The highest BCUT2D eigenvalue weighted by Gasteiger charge is 2.34. The highest BCUT2D eigenvalue weighted by Crippen LogP contribution is 2.44. The molecule has 1 aromatic carbocycles. The largest absolute Gasteiger partial charge is 0.307 e. The summed E-state index contributed by atoms with van der Waals surface area (Å²) in [6.07, 6.45) is 8.30. The van der Waals surface area contributed by atoms with Crippen molar-refractivity contribution in [1.82, 2.24) is 5.32 Å². The van der Waals surface area contributed by atoms with Crippen LogP contribution >= 0.6 is 0 Å². The summed E-state index contributed by atoms with van der Waals surface area (Å²) in [5.74, 6) is 1.84. The summed E-state index contributed by atoms with van der Waals surface area (Å²) in [5.41, 5.74) is 1.06. The van der Waals surface area contributed by atoms with Crippen LogP contribution in [0.25, 0.3) is 0 Å². The molecule has 19 heavy (non-hydrogen) atoms. The molecule has 104 valence electrons. The molecule has 2 aliphatic carbocycles. The molecule has 2 aliphatic rings. The first kappa shape index (κ1) is 13.1. The molecule has 0 aromatic heterocycles. The molecule has 0 amide bonds. The van der Waals surface area contributed by atoms with Crippen LogP contribution in [-0.4, -0.2) is 6.04 Å². The van der Waals surface area contributed by atoms with Gasteiger partial charge in [-0.1, -0.05) is 25.0 Å². The molecule has 0 aliphatic heterocycles. The van der Waals surface area contributed by atoms with Gasteiger partial charge in [0.2, 0.25) is 0 Å². The van der Waals surface area contributed by atoms with Crippen molar-refractivity contribution >= 4 is 0 Å². The minimum atomic E-state index is -0.134. The lowest BCUT2D eigenvalue weighted by atomic mass is 9.82. The Balaban J connectivity index is 1.57. The Labute approximate surface area is 115 Å². The Morgan fingerprint density at radius 1 is 1.16 bits per heavy atom. The van der Waals surface area contributed by atoms with Gasteiger partial charge in [-0.2, -0.15) is 0 Å². The van der Waals surface area contributed by atoms with Crippen LogP contribution in [0.3, 0.4) is 0 Å². The average Bonchev–Trinajstić information content (AvgIpc) is 3.23. The summed E-state index contributed by atoms with van der Waals surface area (Å²) in [6, 6.07) is 7.86. The van der Waals surface area contributed by atoms with E-state index in [1.807, 2.05) is 6.07 Å². The van der Waals surface area contributed by atoms with Crippen molar-refractivity contribution in [2.24, 2.45) is 11.8 Å². The van der Waals surface area contributed by atoms with Gasteiger partial charge in [0.15, 0.2) is 0 Å². The minimum absolute atomic E-state index is 0.134. The first-order valence-electron chi connectivity index (χ1n) is 7.74. The fourth-order valence-electron chi connectivity index (χ4n) is 3.60. The summed E-state index contributed by atoms with van der Waals surface area (Å²) in [6.45, 7) is 2.15. The van der Waals surface area contributed by atoms with E-state index in [4.69, 9.17) is 0 Å². The van der Waals surface area contributed by atoms with E-state index in [9.17, 15) is 4.39 Å². The van der Waals surface area contributed by atoms with Crippen LogP contribution in [0.1, 0.15) is 57.1 Å². The van der Waals surface area contributed by atoms with Crippen LogP contribution in [-0.2, 0) is 0 Å². The van der Waals surface area contributed by atoms with Gasteiger partial charge in [-0.25, -0.2) is 4.39 Å². The fourth-order valence-corrected chi connectivity index (χ4v) is 3.60. The van der Waals surface area contributed by atoms with Gasteiger partial charge in [-0.05, 0) is 62.1 Å². The number of nitrogens with one attached hydrogen (secondary N) is 1. The molecule has 2 unspecified atom stereocenters. The van der Waals surface area contributed by atoms with Gasteiger partial charge in [0.1, 0.15) is 5.82 Å². The number of halogens is 1. The van der Waals surface area contributed by atoms with Crippen LogP contribution in [0.2, 0.25) is 0 Å². The van der Waals surface area contributed by atoms with E-state index < -0.39 is 0 Å². The monoisotopic (exact) mass is 261 g/mol. The highest BCUT2D eigenvalue weighted by atomic mass is 19.1. The maximum Gasteiger partial charge on any atom is 0.123 e. The first-order chi connectivity index (χ1) is 9.22. The van der Waals surface area contributed by atoms with Gasteiger partial charge in [0.05, 0.1) is 0 Å². The molecule has 3 atom stereocenters. The predicted octanol–water partition coefficient (Wildman–Crippen LogP) is 4.45. The minimum Gasteiger partial charge on any atom is -0.307 e. The van der Waals surface area contributed by atoms with E-state index in [0.717, 1.165) is 17.4 Å². The Morgan fingerprint density at radius 3 is 2.74 bits per heavy atom. The molecular weight excluding hydrogens is 237 g/mol. The molecule has 0 radical (unpaired) electrons. The summed E-state index contributed by atoms with van der Waals surface area (Å²) in [7, 11) is 0. The second-order valence-corrected chi connectivity index (χ2v) is 6.40. The molecule has 0 bridgehead atoms. The molecule has 2 saturated carbocycles. The third kappa shape index (κ3) is 3.36. The Kier molecular flexibility index (Phi) is 3.88. The molecule has 3 rings (SSSR count). The lowest BCUT2D eigenvalue weighted by Crippen LogP contribution is -2.36. The van der Waals surface area contributed by atoms with E-state index in [2.05, 4.69) is 12.2 Å². The van der Waals surface area contributed by atoms with Crippen molar-refractivity contribution in [3.8, 4) is 0 Å². The number of hydrogen-bond donors (Lipinski definition) is 1. The zero-order valence-corrected chi connectivity index (χ0v) is 11.7. The second kappa shape index (κ2) is 5.62. The van der Waals surface area contributed by atoms with Crippen molar-refractivity contribution in [2.75, 3.05) is 0 Å². The van der Waals surface area contributed by atoms with E-state index in [0.29, 0.717) is 6.04 Å². The lowest BCUT2D eigenvalue weighted by Gasteiger charge is -2.32. The van der Waals surface area contributed by atoms with Crippen LogP contribution in [0.15, 0.2) is 24.3 Å². The lowest BCUT2D eigenvalue weighted by molar-refractivity contribution is 0.249. The van der Waals surface area contributed by atoms with E-state index >= 15 is 0 Å². The standard InChI is InChI=1S/C17H24FN/c1-12(14-4-2-6-16(18)10-14)19-17-7-3-5-15(11-17)13-8-9-13/h2,4,6,10,12-13,15,17,19H,3,5,7-9,11H2,1H3/t12-,15?,17?/m1/s1. The molecule has 0 spiro atoms. The summed E-state index contributed by atoms with van der Waals surface area (Å²) < 4.78 is 13.3. The van der Waals surface area contributed by atoms with Gasteiger partial charge in [0, 0.05) is 12.1 Å². The van der Waals surface area contributed by atoms with Gasteiger partial charge < -0.3 is 5.32 Å². The third-order valence-corrected chi connectivity index (χ3v) is 4.84. The Bertz CT molecular complexity index is 427. The molecular formula is C17H24FN. The molecule has 1 aromatic rings. The first-order valence-corrected chi connectivity index (χ1v) is 7.74. The van der Waals surface area contributed by atoms with E-state index in [1.165, 1.54) is 44.6 Å². The average molecular weight is 261 g/mol. The quantitative estimate of drug-likeness (QED) is 0.844. The van der Waals surface area contributed by atoms with Crippen molar-refractivity contribution in [3.63, 3.8) is 0 Å². The van der Waals surface area contributed by atoms with Crippen LogP contribution in [0.4, 0.5) is 4.39 Å².